The van der Waals surface area contributed by atoms with E-state index < -0.39 is 24.8 Å². The third-order valence-electron chi connectivity index (χ3n) is 5.13. The van der Waals surface area contributed by atoms with Gasteiger partial charge < -0.3 is 4.84 Å². The molecule has 0 unspecified atom stereocenters. The third-order valence-corrected chi connectivity index (χ3v) is 5.13. The van der Waals surface area contributed by atoms with E-state index in [-0.39, 0.29) is 6.42 Å². The van der Waals surface area contributed by atoms with Gasteiger partial charge in [-0.1, -0.05) is 23.4 Å². The van der Waals surface area contributed by atoms with E-state index in [2.05, 4.69) is 10.1 Å². The van der Waals surface area contributed by atoms with Gasteiger partial charge in [-0.15, -0.1) is 0 Å². The summed E-state index contributed by atoms with van der Waals surface area (Å²) in [7, 11) is 0. The summed E-state index contributed by atoms with van der Waals surface area (Å²) >= 11 is 0. The van der Waals surface area contributed by atoms with Crippen LogP contribution in [0.2, 0.25) is 0 Å². The van der Waals surface area contributed by atoms with E-state index in [0.717, 1.165) is 22.5 Å². The lowest BCUT2D eigenvalue weighted by Gasteiger charge is -2.07. The number of nitrogens with zero attached hydrogens (tertiary/aromatic N) is 3. The van der Waals surface area contributed by atoms with Crippen LogP contribution < -0.4 is 0 Å². The van der Waals surface area contributed by atoms with Crippen LogP contribution in [0.15, 0.2) is 53.9 Å². The van der Waals surface area contributed by atoms with Crippen LogP contribution in [0.4, 0.5) is 13.2 Å². The summed E-state index contributed by atoms with van der Waals surface area (Å²) in [5.41, 5.74) is 3.93. The van der Waals surface area contributed by atoms with Gasteiger partial charge in [-0.05, 0) is 42.5 Å². The molecule has 3 aromatic rings. The lowest BCUT2D eigenvalue weighted by atomic mass is 10.0. The number of Topliss-reactive ketones (excluding diaryl/α,β-unsaturated/α-hetero) is 1. The molecule has 1 aliphatic rings. The molecule has 1 aliphatic carbocycles. The Morgan fingerprint density at radius 1 is 1.26 bits per heavy atom. The van der Waals surface area contributed by atoms with Gasteiger partial charge in [0.25, 0.3) is 0 Å². The highest BCUT2D eigenvalue weighted by Gasteiger charge is 2.27. The monoisotopic (exact) mass is 429 g/mol. The number of carbonyl (C=O) groups is 1. The van der Waals surface area contributed by atoms with Crippen LogP contribution in [-0.4, -0.2) is 34.2 Å². The molecular weight excluding hydrogens is 407 g/mol. The van der Waals surface area contributed by atoms with E-state index in [1.54, 1.807) is 24.5 Å². The van der Waals surface area contributed by atoms with E-state index >= 15 is 0 Å². The number of ketones is 1. The van der Waals surface area contributed by atoms with Crippen molar-refractivity contribution in [1.82, 2.24) is 9.38 Å². The lowest BCUT2D eigenvalue weighted by Crippen LogP contribution is -2.12. The molecule has 8 heteroatoms. The predicted octanol–water partition coefficient (Wildman–Crippen LogP) is 5.22. The Hall–Kier alpha value is -3.16. The Bertz CT molecular complexity index is 1100. The van der Waals surface area contributed by atoms with Crippen LogP contribution in [0.25, 0.3) is 16.9 Å². The van der Waals surface area contributed by atoms with E-state index in [4.69, 9.17) is 4.84 Å². The topological polar surface area (TPSA) is 56.0 Å². The first kappa shape index (κ1) is 21.1. The number of aromatic nitrogens is 2. The van der Waals surface area contributed by atoms with Crippen molar-refractivity contribution in [2.24, 2.45) is 11.1 Å². The molecule has 0 N–H and O–H groups in total. The third kappa shape index (κ3) is 5.93. The molecule has 0 radical (unpaired) electrons. The van der Waals surface area contributed by atoms with Gasteiger partial charge in [-0.2, -0.15) is 13.2 Å². The first-order valence-corrected chi connectivity index (χ1v) is 10.2. The molecule has 1 fully saturated rings. The second-order valence-corrected chi connectivity index (χ2v) is 7.84. The van der Waals surface area contributed by atoms with Crippen LogP contribution in [0.1, 0.15) is 36.8 Å². The normalized spacial score (nSPS) is 14.4. The average Bonchev–Trinajstić information content (AvgIpc) is 3.46. The Morgan fingerprint density at radius 2 is 2.10 bits per heavy atom. The number of oxime groups is 1. The summed E-state index contributed by atoms with van der Waals surface area (Å²) in [4.78, 5) is 21.6. The fourth-order valence-corrected chi connectivity index (χ4v) is 3.26. The minimum atomic E-state index is -4.32. The minimum Gasteiger partial charge on any atom is -0.396 e. The Morgan fingerprint density at radius 3 is 2.87 bits per heavy atom. The molecule has 4 rings (SSSR count). The Balaban J connectivity index is 1.45. The van der Waals surface area contributed by atoms with E-state index in [1.807, 2.05) is 34.9 Å². The van der Waals surface area contributed by atoms with Crippen molar-refractivity contribution in [2.75, 3.05) is 6.61 Å². The van der Waals surface area contributed by atoms with Crippen molar-refractivity contribution in [3.05, 3.63) is 59.9 Å². The number of hydrogen-bond donors (Lipinski definition) is 0. The highest BCUT2D eigenvalue weighted by Crippen LogP contribution is 2.29. The van der Waals surface area contributed by atoms with Crippen molar-refractivity contribution in [3.63, 3.8) is 0 Å². The van der Waals surface area contributed by atoms with Crippen molar-refractivity contribution >= 4 is 17.6 Å². The summed E-state index contributed by atoms with van der Waals surface area (Å²) < 4.78 is 38.9. The van der Waals surface area contributed by atoms with Gasteiger partial charge in [0.2, 0.25) is 0 Å². The molecule has 31 heavy (non-hydrogen) atoms. The molecular formula is C23H22F3N3O2. The Kier molecular flexibility index (Phi) is 6.06. The van der Waals surface area contributed by atoms with Gasteiger partial charge in [-0.3, -0.25) is 9.20 Å². The van der Waals surface area contributed by atoms with E-state index in [0.29, 0.717) is 18.1 Å². The van der Waals surface area contributed by atoms with Crippen molar-refractivity contribution in [1.29, 1.82) is 0 Å². The first-order valence-electron chi connectivity index (χ1n) is 10.2. The minimum absolute atomic E-state index is 0.0257. The maximum Gasteiger partial charge on any atom is 0.389 e. The van der Waals surface area contributed by atoms with Crippen molar-refractivity contribution in [3.8, 4) is 11.3 Å². The first-order chi connectivity index (χ1) is 14.9. The summed E-state index contributed by atoms with van der Waals surface area (Å²) in [5.74, 6) is 0.214. The number of alkyl halides is 3. The number of benzene rings is 1. The molecule has 0 saturated heterocycles. The van der Waals surface area contributed by atoms with Gasteiger partial charge >= 0.3 is 6.18 Å². The molecule has 0 bridgehead atoms. The van der Waals surface area contributed by atoms with E-state index in [9.17, 15) is 18.0 Å². The number of fused-ring (bicyclic) bond motifs is 1. The Labute approximate surface area is 177 Å². The van der Waals surface area contributed by atoms with Crippen LogP contribution in [0.5, 0.6) is 0 Å². The van der Waals surface area contributed by atoms with Gasteiger partial charge in [0.15, 0.2) is 0 Å². The maximum atomic E-state index is 12.3. The fraction of sp³-hybridized carbons (Fsp3) is 0.348. The summed E-state index contributed by atoms with van der Waals surface area (Å²) in [6, 6.07) is 11.0. The van der Waals surface area contributed by atoms with Gasteiger partial charge in [0, 0.05) is 30.2 Å². The molecule has 5 nitrogen and oxygen atoms in total. The van der Waals surface area contributed by atoms with Crippen molar-refractivity contribution in [2.45, 2.75) is 38.3 Å². The largest absolute Gasteiger partial charge is 0.396 e. The molecule has 0 aliphatic heterocycles. The summed E-state index contributed by atoms with van der Waals surface area (Å²) in [5, 5.41) is 4.00. The second-order valence-electron chi connectivity index (χ2n) is 7.84. The number of rotatable bonds is 9. The molecule has 162 valence electrons. The SMILES string of the molecule is O=C(CCC(F)(F)F)Cc1cccc(-c2cnc3cc(C=NOCC4CC4)ccn23)c1. The van der Waals surface area contributed by atoms with E-state index in [1.165, 1.54) is 12.8 Å². The smallest absolute Gasteiger partial charge is 0.389 e. The molecule has 0 amide bonds. The molecule has 0 atom stereocenters. The van der Waals surface area contributed by atoms with Crippen LogP contribution in [0, 0.1) is 5.92 Å². The second kappa shape index (κ2) is 8.91. The standard InChI is InChI=1S/C23H22F3N3O2/c24-23(25,26)8-6-20(30)11-17-2-1-3-19(10-17)21-14-27-22-12-18(7-9-29(21)22)13-28-31-15-16-4-5-16/h1-3,7,9-10,12-14,16H,4-6,8,11,15H2. The zero-order chi connectivity index (χ0) is 21.8. The molecule has 1 aromatic carbocycles. The highest BCUT2D eigenvalue weighted by atomic mass is 19.4. The van der Waals surface area contributed by atoms with Crippen LogP contribution in [0.3, 0.4) is 0 Å². The summed E-state index contributed by atoms with van der Waals surface area (Å²) in [6.07, 6.45) is 1.75. The quantitative estimate of drug-likeness (QED) is 0.346. The van der Waals surface area contributed by atoms with Crippen LogP contribution >= 0.6 is 0 Å². The molecule has 2 aromatic heterocycles. The number of imidazole rings is 1. The predicted molar refractivity (Wildman–Crippen MR) is 111 cm³/mol. The molecule has 0 spiro atoms. The van der Waals surface area contributed by atoms with Gasteiger partial charge in [0.05, 0.1) is 24.5 Å². The van der Waals surface area contributed by atoms with Gasteiger partial charge in [-0.25, -0.2) is 4.98 Å². The molecule has 1 saturated carbocycles. The van der Waals surface area contributed by atoms with Crippen molar-refractivity contribution < 1.29 is 22.8 Å². The van der Waals surface area contributed by atoms with Gasteiger partial charge in [0.1, 0.15) is 18.0 Å². The average molecular weight is 429 g/mol. The lowest BCUT2D eigenvalue weighted by molar-refractivity contribution is -0.143. The number of hydrogen-bond acceptors (Lipinski definition) is 4. The zero-order valence-corrected chi connectivity index (χ0v) is 16.8. The zero-order valence-electron chi connectivity index (χ0n) is 16.8. The summed E-state index contributed by atoms with van der Waals surface area (Å²) in [6.45, 7) is 0.654. The fourth-order valence-electron chi connectivity index (χ4n) is 3.26. The number of carbonyl (C=O) groups excluding carboxylic acids is 1. The number of pyridine rings is 1. The molecule has 2 heterocycles. The maximum absolute atomic E-state index is 12.3. The highest BCUT2D eigenvalue weighted by molar-refractivity contribution is 5.82. The number of halogens is 3. The van der Waals surface area contributed by atoms with Crippen LogP contribution in [-0.2, 0) is 16.1 Å².